The molecule has 2 aromatic rings. The molecule has 0 unspecified atom stereocenters. The van der Waals surface area contributed by atoms with Gasteiger partial charge in [-0.3, -0.25) is 4.79 Å². The molecule has 0 fully saturated rings. The molecule has 4 nitrogen and oxygen atoms in total. The van der Waals surface area contributed by atoms with Gasteiger partial charge in [-0.2, -0.15) is 0 Å². The highest BCUT2D eigenvalue weighted by atomic mass is 16.2. The van der Waals surface area contributed by atoms with Crippen LogP contribution in [0.4, 0.5) is 0 Å². The lowest BCUT2D eigenvalue weighted by Gasteiger charge is -1.97. The molecule has 14 heavy (non-hydrogen) atoms. The van der Waals surface area contributed by atoms with Crippen LogP contribution in [0.3, 0.4) is 0 Å². The number of nitrogens with zero attached hydrogens (tertiary/aromatic N) is 1. The quantitative estimate of drug-likeness (QED) is 0.738. The summed E-state index contributed by atoms with van der Waals surface area (Å²) in [5.74, 6) is -0.188. The zero-order chi connectivity index (χ0) is 10.1. The molecule has 2 rings (SSSR count). The molecule has 0 saturated carbocycles. The van der Waals surface area contributed by atoms with E-state index in [0.717, 1.165) is 0 Å². The van der Waals surface area contributed by atoms with E-state index >= 15 is 0 Å². The molecule has 0 radical (unpaired) electrons. The maximum Gasteiger partial charge on any atom is 0.333 e. The molecular formula is C10H10N2O2. The first kappa shape index (κ1) is 8.74. The average Bonchev–Trinajstić information content (AvgIpc) is 2.53. The Bertz CT molecular complexity index is 536. The van der Waals surface area contributed by atoms with Crippen LogP contribution < -0.4 is 5.69 Å². The summed E-state index contributed by atoms with van der Waals surface area (Å²) in [7, 11) is 0. The van der Waals surface area contributed by atoms with E-state index in [1.165, 1.54) is 4.57 Å². The number of hydrogen-bond acceptors (Lipinski definition) is 2. The number of rotatable bonds is 1. The molecule has 0 aliphatic carbocycles. The zero-order valence-corrected chi connectivity index (χ0v) is 7.78. The lowest BCUT2D eigenvalue weighted by atomic mass is 10.3. The first-order chi connectivity index (χ1) is 6.74. The van der Waals surface area contributed by atoms with E-state index in [2.05, 4.69) is 4.98 Å². The number of imidazole rings is 1. The molecule has 1 heterocycles. The van der Waals surface area contributed by atoms with Gasteiger partial charge in [0.2, 0.25) is 5.91 Å². The second-order valence-electron chi connectivity index (χ2n) is 3.03. The lowest BCUT2D eigenvalue weighted by molar-refractivity contribution is 0.0910. The number of aromatic amines is 1. The van der Waals surface area contributed by atoms with Crippen LogP contribution in [0.5, 0.6) is 0 Å². The van der Waals surface area contributed by atoms with Crippen molar-refractivity contribution in [1.29, 1.82) is 0 Å². The maximum absolute atomic E-state index is 11.5. The number of H-pyrrole nitrogens is 1. The van der Waals surface area contributed by atoms with Gasteiger partial charge in [-0.15, -0.1) is 0 Å². The summed E-state index contributed by atoms with van der Waals surface area (Å²) in [6.45, 7) is 1.73. The van der Waals surface area contributed by atoms with Crippen LogP contribution in [-0.4, -0.2) is 15.5 Å². The maximum atomic E-state index is 11.5. The van der Waals surface area contributed by atoms with Gasteiger partial charge in [0.25, 0.3) is 0 Å². The number of fused-ring (bicyclic) bond motifs is 1. The highest BCUT2D eigenvalue weighted by Crippen LogP contribution is 2.08. The fourth-order valence-corrected chi connectivity index (χ4v) is 1.46. The van der Waals surface area contributed by atoms with Gasteiger partial charge in [0.15, 0.2) is 0 Å². The highest BCUT2D eigenvalue weighted by molar-refractivity contribution is 5.89. The number of benzene rings is 1. The highest BCUT2D eigenvalue weighted by Gasteiger charge is 2.10. The fourth-order valence-electron chi connectivity index (χ4n) is 1.46. The molecular weight excluding hydrogens is 180 g/mol. The Kier molecular flexibility index (Phi) is 1.96. The molecule has 0 aliphatic heterocycles. The topological polar surface area (TPSA) is 54.9 Å². The molecule has 0 spiro atoms. The van der Waals surface area contributed by atoms with Crippen LogP contribution in [0.1, 0.15) is 18.1 Å². The fraction of sp³-hybridized carbons (Fsp3) is 0.200. The van der Waals surface area contributed by atoms with Crippen molar-refractivity contribution in [3.05, 3.63) is 34.7 Å². The Morgan fingerprint density at radius 2 is 2.14 bits per heavy atom. The molecule has 4 heteroatoms. The molecule has 1 aromatic carbocycles. The van der Waals surface area contributed by atoms with Gasteiger partial charge in [0.1, 0.15) is 0 Å². The van der Waals surface area contributed by atoms with Crippen molar-refractivity contribution in [1.82, 2.24) is 9.55 Å². The summed E-state index contributed by atoms with van der Waals surface area (Å²) in [5, 5.41) is 0. The van der Waals surface area contributed by atoms with Crippen LogP contribution in [0.25, 0.3) is 11.0 Å². The predicted octanol–water partition coefficient (Wildman–Crippen LogP) is 1.38. The van der Waals surface area contributed by atoms with Crippen LogP contribution in [0, 0.1) is 0 Å². The Morgan fingerprint density at radius 3 is 2.86 bits per heavy atom. The van der Waals surface area contributed by atoms with E-state index in [1.54, 1.807) is 25.1 Å². The van der Waals surface area contributed by atoms with Gasteiger partial charge in [0, 0.05) is 6.42 Å². The third-order valence-corrected chi connectivity index (χ3v) is 2.14. The number of carbonyl (C=O) groups excluding carboxylic acids is 1. The standard InChI is InChI=1S/C10H10N2O2/c1-2-9(13)12-8-6-4-3-5-7(8)11-10(12)14/h3-6H,2H2,1H3,(H,11,14). The molecule has 1 aromatic heterocycles. The summed E-state index contributed by atoms with van der Waals surface area (Å²) in [4.78, 5) is 25.5. The van der Waals surface area contributed by atoms with Crippen molar-refractivity contribution >= 4 is 16.9 Å². The summed E-state index contributed by atoms with van der Waals surface area (Å²) < 4.78 is 1.18. The minimum absolute atomic E-state index is 0.188. The zero-order valence-electron chi connectivity index (χ0n) is 7.78. The normalized spacial score (nSPS) is 10.6. The van der Waals surface area contributed by atoms with Crippen molar-refractivity contribution in [2.24, 2.45) is 0 Å². The van der Waals surface area contributed by atoms with Crippen molar-refractivity contribution in [3.63, 3.8) is 0 Å². The van der Waals surface area contributed by atoms with E-state index in [9.17, 15) is 9.59 Å². The number of para-hydroxylation sites is 2. The number of nitrogens with one attached hydrogen (secondary N) is 1. The van der Waals surface area contributed by atoms with Gasteiger partial charge in [-0.25, -0.2) is 9.36 Å². The second kappa shape index (κ2) is 3.14. The van der Waals surface area contributed by atoms with Gasteiger partial charge < -0.3 is 4.98 Å². The Labute approximate surface area is 80.2 Å². The van der Waals surface area contributed by atoms with Crippen LogP contribution in [-0.2, 0) is 0 Å². The van der Waals surface area contributed by atoms with Gasteiger partial charge >= 0.3 is 5.69 Å². The van der Waals surface area contributed by atoms with E-state index in [-0.39, 0.29) is 11.6 Å². The first-order valence-electron chi connectivity index (χ1n) is 4.47. The van der Waals surface area contributed by atoms with Crippen molar-refractivity contribution in [3.8, 4) is 0 Å². The molecule has 0 aliphatic rings. The molecule has 0 atom stereocenters. The van der Waals surface area contributed by atoms with Crippen LogP contribution in [0.15, 0.2) is 29.1 Å². The molecule has 0 amide bonds. The van der Waals surface area contributed by atoms with E-state index in [4.69, 9.17) is 0 Å². The summed E-state index contributed by atoms with van der Waals surface area (Å²) >= 11 is 0. The summed E-state index contributed by atoms with van der Waals surface area (Å²) in [6.07, 6.45) is 0.321. The second-order valence-corrected chi connectivity index (χ2v) is 3.03. The molecule has 72 valence electrons. The van der Waals surface area contributed by atoms with Gasteiger partial charge in [-0.05, 0) is 12.1 Å². The van der Waals surface area contributed by atoms with E-state index in [0.29, 0.717) is 17.5 Å². The first-order valence-corrected chi connectivity index (χ1v) is 4.47. The minimum Gasteiger partial charge on any atom is -0.305 e. The summed E-state index contributed by atoms with van der Waals surface area (Å²) in [6, 6.07) is 7.14. The number of aromatic nitrogens is 2. The Morgan fingerprint density at radius 1 is 1.43 bits per heavy atom. The minimum atomic E-state index is -0.363. The van der Waals surface area contributed by atoms with Gasteiger partial charge in [-0.1, -0.05) is 19.1 Å². The van der Waals surface area contributed by atoms with Crippen molar-refractivity contribution in [2.75, 3.05) is 0 Å². The van der Waals surface area contributed by atoms with Gasteiger partial charge in [0.05, 0.1) is 11.0 Å². The SMILES string of the molecule is CCC(=O)n1c(=O)[nH]c2ccccc21. The molecule has 0 saturated heterocycles. The van der Waals surface area contributed by atoms with Crippen LogP contribution in [0.2, 0.25) is 0 Å². The Hall–Kier alpha value is -1.84. The van der Waals surface area contributed by atoms with Crippen LogP contribution >= 0.6 is 0 Å². The van der Waals surface area contributed by atoms with E-state index in [1.807, 2.05) is 6.07 Å². The predicted molar refractivity (Wildman–Crippen MR) is 53.5 cm³/mol. The van der Waals surface area contributed by atoms with Crippen molar-refractivity contribution in [2.45, 2.75) is 13.3 Å². The number of hydrogen-bond donors (Lipinski definition) is 1. The Balaban J connectivity index is 2.81. The molecule has 0 bridgehead atoms. The smallest absolute Gasteiger partial charge is 0.305 e. The monoisotopic (exact) mass is 190 g/mol. The molecule has 1 N–H and O–H groups in total. The summed E-state index contributed by atoms with van der Waals surface area (Å²) in [5.41, 5.74) is 0.974. The third-order valence-electron chi connectivity index (χ3n) is 2.14. The largest absolute Gasteiger partial charge is 0.333 e. The lowest BCUT2D eigenvalue weighted by Crippen LogP contribution is -2.23. The van der Waals surface area contributed by atoms with Crippen molar-refractivity contribution < 1.29 is 4.79 Å². The third kappa shape index (κ3) is 1.16. The average molecular weight is 190 g/mol. The van der Waals surface area contributed by atoms with E-state index < -0.39 is 0 Å². The number of carbonyl (C=O) groups is 1.